The van der Waals surface area contributed by atoms with Crippen molar-refractivity contribution in [2.24, 2.45) is 0 Å². The Labute approximate surface area is 104 Å². The molecule has 1 aromatic carbocycles. The second-order valence-electron chi connectivity index (χ2n) is 3.94. The lowest BCUT2D eigenvalue weighted by Gasteiger charge is -2.15. The van der Waals surface area contributed by atoms with Crippen LogP contribution in [0.5, 0.6) is 0 Å². The van der Waals surface area contributed by atoms with Gasteiger partial charge in [-0.3, -0.25) is 4.79 Å². The van der Waals surface area contributed by atoms with Crippen LogP contribution >= 0.6 is 11.7 Å². The fraction of sp³-hybridized carbons (Fsp3) is 0.250. The molecular weight excluding hydrogens is 234 g/mol. The molecule has 0 saturated carbocycles. The van der Waals surface area contributed by atoms with Crippen LogP contribution in [0.25, 0.3) is 0 Å². The molecule has 0 aliphatic carbocycles. The Hall–Kier alpha value is -1.75. The Morgan fingerprint density at radius 3 is 2.65 bits per heavy atom. The molecule has 2 rings (SSSR count). The van der Waals surface area contributed by atoms with E-state index < -0.39 is 0 Å². The molecular formula is C12H13N3OS. The molecule has 5 heteroatoms. The van der Waals surface area contributed by atoms with Gasteiger partial charge in [0.15, 0.2) is 5.69 Å². The van der Waals surface area contributed by atoms with E-state index in [2.05, 4.69) is 8.75 Å². The second-order valence-corrected chi connectivity index (χ2v) is 4.50. The molecule has 1 amide bonds. The van der Waals surface area contributed by atoms with Crippen LogP contribution in [0.15, 0.2) is 30.5 Å². The molecule has 0 saturated heterocycles. The fourth-order valence-electron chi connectivity index (χ4n) is 1.49. The van der Waals surface area contributed by atoms with Gasteiger partial charge in [-0.1, -0.05) is 29.8 Å². The number of carbonyl (C=O) groups excluding carboxylic acids is 1. The topological polar surface area (TPSA) is 46.1 Å². The second kappa shape index (κ2) is 5.05. The van der Waals surface area contributed by atoms with E-state index in [1.165, 1.54) is 11.8 Å². The summed E-state index contributed by atoms with van der Waals surface area (Å²) in [6.45, 7) is 2.62. The lowest BCUT2D eigenvalue weighted by Crippen LogP contribution is -2.26. The molecule has 2 aromatic rings. The summed E-state index contributed by atoms with van der Waals surface area (Å²) in [6, 6.07) is 8.13. The van der Waals surface area contributed by atoms with Crippen molar-refractivity contribution in [1.29, 1.82) is 0 Å². The zero-order chi connectivity index (χ0) is 12.3. The zero-order valence-corrected chi connectivity index (χ0v) is 10.6. The third kappa shape index (κ3) is 2.88. The first-order valence-electron chi connectivity index (χ1n) is 5.25. The van der Waals surface area contributed by atoms with Gasteiger partial charge in [-0.05, 0) is 12.5 Å². The molecule has 0 bridgehead atoms. The normalized spacial score (nSPS) is 10.2. The van der Waals surface area contributed by atoms with Crippen molar-refractivity contribution in [3.8, 4) is 0 Å². The summed E-state index contributed by atoms with van der Waals surface area (Å²) in [5, 5.41) is 0. The minimum atomic E-state index is -0.0978. The highest BCUT2D eigenvalue weighted by Gasteiger charge is 2.14. The van der Waals surface area contributed by atoms with Crippen molar-refractivity contribution in [3.05, 3.63) is 47.3 Å². The SMILES string of the molecule is Cc1ccc(CN(C)C(=O)c2cnsn2)cc1. The monoisotopic (exact) mass is 247 g/mol. The molecule has 1 heterocycles. The van der Waals surface area contributed by atoms with E-state index in [1.807, 2.05) is 31.2 Å². The van der Waals surface area contributed by atoms with Gasteiger partial charge in [0.1, 0.15) is 0 Å². The summed E-state index contributed by atoms with van der Waals surface area (Å²) in [4.78, 5) is 13.5. The van der Waals surface area contributed by atoms with Crippen molar-refractivity contribution in [2.45, 2.75) is 13.5 Å². The lowest BCUT2D eigenvalue weighted by atomic mass is 10.1. The Morgan fingerprint density at radius 1 is 1.35 bits per heavy atom. The Bertz CT molecular complexity index is 493. The maximum atomic E-state index is 11.9. The highest BCUT2D eigenvalue weighted by atomic mass is 32.1. The largest absolute Gasteiger partial charge is 0.336 e. The highest BCUT2D eigenvalue weighted by molar-refractivity contribution is 6.99. The molecule has 1 aromatic heterocycles. The van der Waals surface area contributed by atoms with E-state index in [4.69, 9.17) is 0 Å². The van der Waals surface area contributed by atoms with Gasteiger partial charge in [-0.25, -0.2) is 0 Å². The molecule has 0 spiro atoms. The van der Waals surface area contributed by atoms with Gasteiger partial charge in [-0.2, -0.15) is 8.75 Å². The zero-order valence-electron chi connectivity index (χ0n) is 9.75. The average molecular weight is 247 g/mol. The lowest BCUT2D eigenvalue weighted by molar-refractivity contribution is 0.0780. The van der Waals surface area contributed by atoms with Gasteiger partial charge in [0.05, 0.1) is 17.9 Å². The van der Waals surface area contributed by atoms with Crippen LogP contribution < -0.4 is 0 Å². The van der Waals surface area contributed by atoms with Gasteiger partial charge in [0.25, 0.3) is 5.91 Å². The predicted molar refractivity (Wildman–Crippen MR) is 66.9 cm³/mol. The van der Waals surface area contributed by atoms with Gasteiger partial charge in [-0.15, -0.1) is 0 Å². The van der Waals surface area contributed by atoms with Crippen LogP contribution in [0.2, 0.25) is 0 Å². The van der Waals surface area contributed by atoms with Gasteiger partial charge in [0, 0.05) is 13.6 Å². The minimum absolute atomic E-state index is 0.0978. The Morgan fingerprint density at radius 2 is 2.06 bits per heavy atom. The van der Waals surface area contributed by atoms with Crippen LogP contribution in [0.1, 0.15) is 21.6 Å². The van der Waals surface area contributed by atoms with Crippen LogP contribution in [0.4, 0.5) is 0 Å². The molecule has 0 fully saturated rings. The van der Waals surface area contributed by atoms with Gasteiger partial charge < -0.3 is 4.90 Å². The standard InChI is InChI=1S/C12H13N3OS/c1-9-3-5-10(6-4-9)8-15(2)12(16)11-7-13-17-14-11/h3-7H,8H2,1-2H3. The van der Waals surface area contributed by atoms with Crippen molar-refractivity contribution in [3.63, 3.8) is 0 Å². The maximum Gasteiger partial charge on any atom is 0.275 e. The smallest absolute Gasteiger partial charge is 0.275 e. The molecule has 0 aliphatic rings. The minimum Gasteiger partial charge on any atom is -0.336 e. The average Bonchev–Trinajstić information content (AvgIpc) is 2.84. The summed E-state index contributed by atoms with van der Waals surface area (Å²) < 4.78 is 7.76. The summed E-state index contributed by atoms with van der Waals surface area (Å²) in [6.07, 6.45) is 1.50. The maximum absolute atomic E-state index is 11.9. The Balaban J connectivity index is 2.04. The molecule has 0 atom stereocenters. The van der Waals surface area contributed by atoms with Crippen molar-refractivity contribution >= 4 is 17.6 Å². The number of aromatic nitrogens is 2. The first kappa shape index (κ1) is 11.7. The quantitative estimate of drug-likeness (QED) is 0.834. The Kier molecular flexibility index (Phi) is 3.49. The van der Waals surface area contributed by atoms with E-state index in [-0.39, 0.29) is 5.91 Å². The van der Waals surface area contributed by atoms with E-state index >= 15 is 0 Å². The molecule has 0 unspecified atom stereocenters. The van der Waals surface area contributed by atoms with E-state index in [1.54, 1.807) is 11.9 Å². The van der Waals surface area contributed by atoms with Gasteiger partial charge >= 0.3 is 0 Å². The molecule has 4 nitrogen and oxygen atoms in total. The number of aryl methyl sites for hydroxylation is 1. The molecule has 88 valence electrons. The molecule has 0 aliphatic heterocycles. The van der Waals surface area contributed by atoms with Crippen LogP contribution in [0.3, 0.4) is 0 Å². The number of hydrogen-bond donors (Lipinski definition) is 0. The third-order valence-corrected chi connectivity index (χ3v) is 2.95. The number of carbonyl (C=O) groups is 1. The number of amides is 1. The number of nitrogens with zero attached hydrogens (tertiary/aromatic N) is 3. The summed E-state index contributed by atoms with van der Waals surface area (Å²) in [7, 11) is 1.77. The summed E-state index contributed by atoms with van der Waals surface area (Å²) in [5.41, 5.74) is 2.73. The van der Waals surface area contributed by atoms with E-state index in [0.29, 0.717) is 12.2 Å². The number of benzene rings is 1. The summed E-state index contributed by atoms with van der Waals surface area (Å²) >= 11 is 1.05. The van der Waals surface area contributed by atoms with Crippen LogP contribution in [-0.2, 0) is 6.54 Å². The van der Waals surface area contributed by atoms with Crippen molar-refractivity contribution in [1.82, 2.24) is 13.6 Å². The first-order valence-corrected chi connectivity index (χ1v) is 5.98. The fourth-order valence-corrected chi connectivity index (χ4v) is 1.90. The predicted octanol–water partition coefficient (Wildman–Crippen LogP) is 2.12. The molecule has 0 radical (unpaired) electrons. The van der Waals surface area contributed by atoms with E-state index in [0.717, 1.165) is 17.3 Å². The highest BCUT2D eigenvalue weighted by Crippen LogP contribution is 2.08. The van der Waals surface area contributed by atoms with Crippen LogP contribution in [-0.4, -0.2) is 26.6 Å². The number of rotatable bonds is 3. The first-order chi connectivity index (χ1) is 8.16. The number of hydrogen-bond acceptors (Lipinski definition) is 4. The summed E-state index contributed by atoms with van der Waals surface area (Å²) in [5.74, 6) is -0.0978. The molecule has 17 heavy (non-hydrogen) atoms. The van der Waals surface area contributed by atoms with Crippen LogP contribution in [0, 0.1) is 6.92 Å². The molecule has 0 N–H and O–H groups in total. The third-order valence-electron chi connectivity index (χ3n) is 2.47. The van der Waals surface area contributed by atoms with E-state index in [9.17, 15) is 4.79 Å². The van der Waals surface area contributed by atoms with Gasteiger partial charge in [0.2, 0.25) is 0 Å². The van der Waals surface area contributed by atoms with Crippen molar-refractivity contribution < 1.29 is 4.79 Å². The van der Waals surface area contributed by atoms with Crippen molar-refractivity contribution in [2.75, 3.05) is 7.05 Å².